The number of carbonyl (C=O) groups is 1. The molecule has 1 aliphatic rings. The Hall–Kier alpha value is -3.63. The van der Waals surface area contributed by atoms with Crippen LogP contribution in [-0.4, -0.2) is 88.7 Å². The average molecular weight is 724 g/mol. The van der Waals surface area contributed by atoms with Gasteiger partial charge in [0.15, 0.2) is 0 Å². The second-order valence-electron chi connectivity index (χ2n) is 12.3. The van der Waals surface area contributed by atoms with Crippen LogP contribution in [0.15, 0.2) is 76.5 Å². The normalized spacial score (nSPS) is 20.6. The van der Waals surface area contributed by atoms with Gasteiger partial charge < -0.3 is 19.5 Å². The number of anilines is 1. The van der Waals surface area contributed by atoms with Crippen LogP contribution in [0.5, 0.6) is 5.75 Å². The summed E-state index contributed by atoms with van der Waals surface area (Å²) in [5, 5.41) is 10.2. The van der Waals surface area contributed by atoms with E-state index in [-0.39, 0.29) is 46.0 Å². The Morgan fingerprint density at radius 1 is 0.959 bits per heavy atom. The van der Waals surface area contributed by atoms with Crippen LogP contribution < -0.4 is 9.46 Å². The molecule has 49 heavy (non-hydrogen) atoms. The Kier molecular flexibility index (Phi) is 12.8. The van der Waals surface area contributed by atoms with Crippen LogP contribution >= 0.6 is 0 Å². The molecule has 0 fully saturated rings. The summed E-state index contributed by atoms with van der Waals surface area (Å²) in [7, 11) is -6.73. The molecule has 0 saturated heterocycles. The Morgan fingerprint density at radius 3 is 2.18 bits per heavy atom. The average Bonchev–Trinajstić information content (AvgIpc) is 3.06. The number of benzene rings is 3. The first-order valence-corrected chi connectivity index (χ1v) is 18.9. The van der Waals surface area contributed by atoms with E-state index in [0.29, 0.717) is 25.9 Å². The van der Waals surface area contributed by atoms with Crippen LogP contribution in [0.3, 0.4) is 0 Å². The van der Waals surface area contributed by atoms with Crippen LogP contribution in [0.25, 0.3) is 0 Å². The molecule has 0 aliphatic carbocycles. The van der Waals surface area contributed by atoms with Crippen molar-refractivity contribution in [3.05, 3.63) is 83.9 Å². The van der Waals surface area contributed by atoms with Gasteiger partial charge >= 0.3 is 0 Å². The number of carbonyl (C=O) groups excluding carboxylic acids is 1. The Bertz CT molecular complexity index is 1790. The third-order valence-corrected chi connectivity index (χ3v) is 11.6. The van der Waals surface area contributed by atoms with Gasteiger partial charge in [0, 0.05) is 38.3 Å². The van der Waals surface area contributed by atoms with Gasteiger partial charge in [-0.2, -0.15) is 4.31 Å². The predicted octanol–water partition coefficient (Wildman–Crippen LogP) is 4.88. The molecule has 0 unspecified atom stereocenters. The predicted molar refractivity (Wildman–Crippen MR) is 180 cm³/mol. The number of rotatable bonds is 9. The number of fused-ring (bicyclic) bond motifs is 1. The zero-order valence-corrected chi connectivity index (χ0v) is 29.5. The molecule has 1 amide bonds. The molecule has 0 spiro atoms. The van der Waals surface area contributed by atoms with E-state index in [9.17, 15) is 35.5 Å². The van der Waals surface area contributed by atoms with Crippen molar-refractivity contribution in [2.24, 2.45) is 5.92 Å². The summed E-state index contributed by atoms with van der Waals surface area (Å²) >= 11 is 0. The molecule has 4 atom stereocenters. The Morgan fingerprint density at radius 2 is 1.57 bits per heavy atom. The molecule has 15 heteroatoms. The summed E-state index contributed by atoms with van der Waals surface area (Å²) in [5.41, 5.74) is 0.108. The number of halogens is 2. The van der Waals surface area contributed by atoms with Crippen molar-refractivity contribution in [3.63, 3.8) is 0 Å². The number of aliphatic hydroxyl groups excluding tert-OH is 1. The van der Waals surface area contributed by atoms with Crippen molar-refractivity contribution in [1.82, 2.24) is 9.21 Å². The van der Waals surface area contributed by atoms with Gasteiger partial charge in [-0.15, -0.1) is 0 Å². The van der Waals surface area contributed by atoms with Crippen LogP contribution in [0.4, 0.5) is 14.5 Å². The van der Waals surface area contributed by atoms with E-state index in [4.69, 9.17) is 9.47 Å². The summed E-state index contributed by atoms with van der Waals surface area (Å²) in [6.07, 6.45) is 0.954. The second kappa shape index (κ2) is 16.4. The minimum atomic E-state index is -4.14. The Labute approximate surface area is 286 Å². The number of likely N-dealkylation sites (N-methyl/N-ethyl adjacent to an activating group) is 1. The lowest BCUT2D eigenvalue weighted by Crippen LogP contribution is -2.48. The fraction of sp³-hybridized carbons (Fsp3) is 0.441. The van der Waals surface area contributed by atoms with Crippen molar-refractivity contribution in [1.29, 1.82) is 0 Å². The van der Waals surface area contributed by atoms with Gasteiger partial charge in [-0.1, -0.05) is 6.92 Å². The maximum atomic E-state index is 14.3. The van der Waals surface area contributed by atoms with E-state index in [2.05, 4.69) is 4.72 Å². The van der Waals surface area contributed by atoms with Gasteiger partial charge in [-0.25, -0.2) is 25.6 Å². The molecule has 0 bridgehead atoms. The number of hydrogen-bond donors (Lipinski definition) is 2. The van der Waals surface area contributed by atoms with Crippen molar-refractivity contribution in [2.75, 3.05) is 38.1 Å². The van der Waals surface area contributed by atoms with Gasteiger partial charge in [0.25, 0.3) is 15.9 Å². The lowest BCUT2D eigenvalue weighted by Gasteiger charge is -2.35. The molecule has 1 heterocycles. The SMILES string of the molecule is C[C@H](CO)N1C[C@H](C)[C@@H](CN(C)S(=O)(=O)c2ccc(F)cc2)OCCCC[C@H](C)Oc2ccc(NS(=O)(=O)c3ccc(F)cc3)cc2C1=O. The smallest absolute Gasteiger partial charge is 0.261 e. The Balaban J connectivity index is 1.67. The largest absolute Gasteiger partial charge is 0.490 e. The first kappa shape index (κ1) is 38.2. The highest BCUT2D eigenvalue weighted by Crippen LogP contribution is 2.30. The second-order valence-corrected chi connectivity index (χ2v) is 16.0. The lowest BCUT2D eigenvalue weighted by atomic mass is 10.0. The fourth-order valence-corrected chi connectivity index (χ4v) is 7.65. The van der Waals surface area contributed by atoms with Crippen LogP contribution in [-0.2, 0) is 24.8 Å². The van der Waals surface area contributed by atoms with Crippen LogP contribution in [0.2, 0.25) is 0 Å². The third kappa shape index (κ3) is 9.75. The minimum absolute atomic E-state index is 0.0379. The van der Waals surface area contributed by atoms with Gasteiger partial charge in [-0.3, -0.25) is 9.52 Å². The number of sulfonamides is 2. The zero-order valence-electron chi connectivity index (χ0n) is 27.9. The molecule has 268 valence electrons. The van der Waals surface area contributed by atoms with Gasteiger partial charge in [0.2, 0.25) is 10.0 Å². The number of amides is 1. The van der Waals surface area contributed by atoms with Crippen molar-refractivity contribution in [3.8, 4) is 5.75 Å². The number of hydrogen-bond acceptors (Lipinski definition) is 8. The highest BCUT2D eigenvalue weighted by molar-refractivity contribution is 7.92. The molecule has 0 aromatic heterocycles. The number of aliphatic hydroxyl groups is 1. The van der Waals surface area contributed by atoms with E-state index in [1.165, 1.54) is 42.3 Å². The molecule has 11 nitrogen and oxygen atoms in total. The molecule has 1 aliphatic heterocycles. The van der Waals surface area contributed by atoms with Gasteiger partial charge in [-0.05, 0) is 99.8 Å². The third-order valence-electron chi connectivity index (χ3n) is 8.39. The summed E-state index contributed by atoms with van der Waals surface area (Å²) in [6.45, 7) is 5.21. The summed E-state index contributed by atoms with van der Waals surface area (Å²) in [4.78, 5) is 15.5. The fourth-order valence-electron chi connectivity index (χ4n) is 5.41. The lowest BCUT2D eigenvalue weighted by molar-refractivity contribution is -0.00834. The minimum Gasteiger partial charge on any atom is -0.490 e. The van der Waals surface area contributed by atoms with Crippen molar-refractivity contribution >= 4 is 31.6 Å². The van der Waals surface area contributed by atoms with Gasteiger partial charge in [0.1, 0.15) is 17.4 Å². The molecular weight excluding hydrogens is 681 g/mol. The molecule has 0 radical (unpaired) electrons. The maximum absolute atomic E-state index is 14.3. The first-order chi connectivity index (χ1) is 23.1. The van der Waals surface area contributed by atoms with Crippen LogP contribution in [0.1, 0.15) is 50.4 Å². The quantitative estimate of drug-likeness (QED) is 0.318. The highest BCUT2D eigenvalue weighted by Gasteiger charge is 2.32. The molecule has 4 rings (SSSR count). The summed E-state index contributed by atoms with van der Waals surface area (Å²) in [6, 6.07) is 12.5. The summed E-state index contributed by atoms with van der Waals surface area (Å²) in [5.74, 6) is -1.94. The molecule has 2 N–H and O–H groups in total. The molecule has 3 aromatic rings. The standard InChI is InChI=1S/C34H43F2N3O8S2/c1-23-20-39(24(2)22-40)34(41)31-19-28(37-48(42,43)29-13-8-26(35)9-14-29)12-17-32(31)47-25(3)7-5-6-18-46-33(23)21-38(4)49(44,45)30-15-10-27(36)11-16-30/h8-17,19,23-25,33,37,40H,5-7,18,20-22H2,1-4H3/t23-,24+,25-,33+/m0/s1. The number of nitrogens with one attached hydrogen (secondary N) is 1. The van der Waals surface area contributed by atoms with Crippen LogP contribution in [0, 0.1) is 17.6 Å². The summed E-state index contributed by atoms with van der Waals surface area (Å²) < 4.78 is 95.8. The first-order valence-electron chi connectivity index (χ1n) is 16.0. The van der Waals surface area contributed by atoms with Gasteiger partial charge in [0.05, 0.1) is 40.2 Å². The topological polar surface area (TPSA) is 143 Å². The zero-order chi connectivity index (χ0) is 35.9. The monoisotopic (exact) mass is 723 g/mol. The van der Waals surface area contributed by atoms with E-state index >= 15 is 0 Å². The van der Waals surface area contributed by atoms with Crippen molar-refractivity contribution < 1.29 is 45.0 Å². The number of ether oxygens (including phenoxy) is 2. The van der Waals surface area contributed by atoms with E-state index in [1.54, 1.807) is 6.92 Å². The molecular formula is C34H43F2N3O8S2. The van der Waals surface area contributed by atoms with E-state index < -0.39 is 62.3 Å². The highest BCUT2D eigenvalue weighted by atomic mass is 32.2. The van der Waals surface area contributed by atoms with Crippen molar-refractivity contribution in [2.45, 2.75) is 68.1 Å². The molecule has 3 aromatic carbocycles. The number of nitrogens with zero attached hydrogens (tertiary/aromatic N) is 2. The maximum Gasteiger partial charge on any atom is 0.261 e. The van der Waals surface area contributed by atoms with E-state index in [1.807, 2.05) is 13.8 Å². The van der Waals surface area contributed by atoms with E-state index in [0.717, 1.165) is 40.7 Å². The molecule has 0 saturated carbocycles.